The van der Waals surface area contributed by atoms with Crippen molar-refractivity contribution in [3.63, 3.8) is 0 Å². The molecule has 11 rings (SSSR count). The first-order valence-electron chi connectivity index (χ1n) is 18.5. The number of rotatable bonds is 6. The van der Waals surface area contributed by atoms with Gasteiger partial charge in [0.05, 0.1) is 11.4 Å². The largest absolute Gasteiger partial charge is 0.455 e. The van der Waals surface area contributed by atoms with Crippen LogP contribution < -0.4 is 0 Å². The number of nitrogens with zero attached hydrogens (tertiary/aromatic N) is 4. The average Bonchev–Trinajstić information content (AvgIpc) is 3.86. The van der Waals surface area contributed by atoms with Crippen molar-refractivity contribution in [2.24, 2.45) is 0 Å². The lowest BCUT2D eigenvalue weighted by molar-refractivity contribution is 0.670. The Labute approximate surface area is 321 Å². The smallest absolute Gasteiger partial charge is 0.160 e. The Morgan fingerprint density at radius 3 is 1.45 bits per heavy atom. The van der Waals surface area contributed by atoms with E-state index in [0.717, 1.165) is 105 Å². The Bertz CT molecular complexity index is 3110. The van der Waals surface area contributed by atoms with Crippen LogP contribution in [0.5, 0.6) is 0 Å². The highest BCUT2D eigenvalue weighted by Gasteiger charge is 2.19. The van der Waals surface area contributed by atoms with Crippen molar-refractivity contribution >= 4 is 43.9 Å². The number of furan rings is 2. The van der Waals surface area contributed by atoms with Gasteiger partial charge in [0.15, 0.2) is 5.82 Å². The van der Waals surface area contributed by atoms with E-state index >= 15 is 0 Å². The van der Waals surface area contributed by atoms with Crippen molar-refractivity contribution < 1.29 is 8.83 Å². The third-order valence-electron chi connectivity index (χ3n) is 10.5. The summed E-state index contributed by atoms with van der Waals surface area (Å²) < 4.78 is 13.2. The molecule has 0 aliphatic heterocycles. The van der Waals surface area contributed by atoms with E-state index in [4.69, 9.17) is 18.8 Å². The van der Waals surface area contributed by atoms with Crippen molar-refractivity contribution in [1.29, 1.82) is 0 Å². The van der Waals surface area contributed by atoms with Crippen LogP contribution in [0.3, 0.4) is 0 Å². The normalized spacial score (nSPS) is 11.6. The zero-order valence-electron chi connectivity index (χ0n) is 29.9. The predicted octanol–water partition coefficient (Wildman–Crippen LogP) is 13.1. The van der Waals surface area contributed by atoms with Crippen molar-refractivity contribution in [2.45, 2.75) is 0 Å². The number of benzene rings is 7. The van der Waals surface area contributed by atoms with Crippen LogP contribution in [-0.2, 0) is 0 Å². The van der Waals surface area contributed by atoms with Gasteiger partial charge in [0, 0.05) is 67.3 Å². The third kappa shape index (κ3) is 5.43. The fourth-order valence-corrected chi connectivity index (χ4v) is 7.78. The van der Waals surface area contributed by atoms with E-state index in [1.165, 1.54) is 0 Å². The first-order chi connectivity index (χ1) is 27.7. The van der Waals surface area contributed by atoms with Crippen LogP contribution in [0.15, 0.2) is 191 Å². The fourth-order valence-electron chi connectivity index (χ4n) is 7.78. The summed E-state index contributed by atoms with van der Waals surface area (Å²) in [7, 11) is 0. The van der Waals surface area contributed by atoms with Gasteiger partial charge in [-0.05, 0) is 53.1 Å². The Hall–Kier alpha value is -7.70. The molecule has 4 aromatic heterocycles. The van der Waals surface area contributed by atoms with Crippen molar-refractivity contribution in [2.75, 3.05) is 0 Å². The first-order valence-corrected chi connectivity index (χ1v) is 18.5. The topological polar surface area (TPSA) is 77.8 Å². The van der Waals surface area contributed by atoms with Crippen LogP contribution in [0.25, 0.3) is 111 Å². The number of fused-ring (bicyclic) bond motifs is 6. The van der Waals surface area contributed by atoms with Crippen LogP contribution in [0.2, 0.25) is 0 Å². The van der Waals surface area contributed by atoms with Crippen molar-refractivity contribution in [1.82, 2.24) is 19.9 Å². The summed E-state index contributed by atoms with van der Waals surface area (Å²) in [5.41, 5.74) is 13.9. The second-order valence-corrected chi connectivity index (χ2v) is 13.9. The molecular formula is C50H30N4O2. The van der Waals surface area contributed by atoms with Crippen LogP contribution in [0, 0.1) is 0 Å². The summed E-state index contributed by atoms with van der Waals surface area (Å²) in [6.07, 6.45) is 5.18. The molecule has 0 aliphatic carbocycles. The Morgan fingerprint density at radius 1 is 0.339 bits per heavy atom. The molecule has 262 valence electrons. The minimum atomic E-state index is 0.643. The molecule has 0 bridgehead atoms. The summed E-state index contributed by atoms with van der Waals surface area (Å²) in [5.74, 6) is 0.643. The molecule has 0 fully saturated rings. The van der Waals surface area contributed by atoms with E-state index in [1.54, 1.807) is 6.33 Å². The molecular weight excluding hydrogens is 689 g/mol. The summed E-state index contributed by atoms with van der Waals surface area (Å²) in [5, 5.41) is 4.33. The maximum absolute atomic E-state index is 6.58. The Kier molecular flexibility index (Phi) is 7.38. The van der Waals surface area contributed by atoms with Gasteiger partial charge < -0.3 is 8.83 Å². The van der Waals surface area contributed by atoms with Gasteiger partial charge in [-0.2, -0.15) is 0 Å². The molecule has 0 atom stereocenters. The lowest BCUT2D eigenvalue weighted by atomic mass is 9.93. The molecule has 6 nitrogen and oxygen atoms in total. The maximum Gasteiger partial charge on any atom is 0.160 e. The standard InChI is InChI=1S/C50H30N4O2/c1-2-10-33(11-3-1)50-53-44(32-22-20-31(21-23-32)37-28-51-30-52-29-37)27-45(54-50)36-25-34(38-14-8-16-42-40-12-4-6-18-46(40)55-48(38)42)24-35(26-36)39-15-9-17-43-41-13-5-7-19-47(41)56-49(39)43/h1-30H. The van der Waals surface area contributed by atoms with Crippen LogP contribution >= 0.6 is 0 Å². The first kappa shape index (κ1) is 31.8. The second-order valence-electron chi connectivity index (χ2n) is 13.9. The highest BCUT2D eigenvalue weighted by Crippen LogP contribution is 2.42. The van der Waals surface area contributed by atoms with Gasteiger partial charge >= 0.3 is 0 Å². The minimum absolute atomic E-state index is 0.643. The number of hydrogen-bond donors (Lipinski definition) is 0. The van der Waals surface area contributed by atoms with Gasteiger partial charge in [-0.15, -0.1) is 0 Å². The molecule has 0 saturated carbocycles. The van der Waals surface area contributed by atoms with Gasteiger partial charge in [0.1, 0.15) is 28.7 Å². The summed E-state index contributed by atoms with van der Waals surface area (Å²) in [4.78, 5) is 18.8. The van der Waals surface area contributed by atoms with Crippen LogP contribution in [0.1, 0.15) is 0 Å². The maximum atomic E-state index is 6.58. The summed E-state index contributed by atoms with van der Waals surface area (Å²) in [6, 6.07) is 56.4. The molecule has 0 unspecified atom stereocenters. The van der Waals surface area contributed by atoms with Crippen molar-refractivity contribution in [3.05, 3.63) is 183 Å². The molecule has 4 heterocycles. The van der Waals surface area contributed by atoms with E-state index in [0.29, 0.717) is 5.82 Å². The van der Waals surface area contributed by atoms with Gasteiger partial charge in [-0.25, -0.2) is 19.9 Å². The molecule has 11 aromatic rings. The highest BCUT2D eigenvalue weighted by molar-refractivity contribution is 6.11. The Morgan fingerprint density at radius 2 is 0.839 bits per heavy atom. The molecule has 0 saturated heterocycles. The van der Waals surface area contributed by atoms with Crippen LogP contribution in [0.4, 0.5) is 0 Å². The van der Waals surface area contributed by atoms with Crippen LogP contribution in [-0.4, -0.2) is 19.9 Å². The SMILES string of the molecule is c1ccc(-c2nc(-c3ccc(-c4cncnc4)cc3)cc(-c3cc(-c4cccc5c4oc4ccccc45)cc(-c4cccc5c4oc4ccccc45)c3)n2)cc1. The quantitative estimate of drug-likeness (QED) is 0.170. The minimum Gasteiger partial charge on any atom is -0.455 e. The van der Waals surface area contributed by atoms with E-state index in [9.17, 15) is 0 Å². The summed E-state index contributed by atoms with van der Waals surface area (Å²) >= 11 is 0. The monoisotopic (exact) mass is 718 g/mol. The van der Waals surface area contributed by atoms with Crippen molar-refractivity contribution in [3.8, 4) is 67.3 Å². The lowest BCUT2D eigenvalue weighted by Crippen LogP contribution is -1.97. The van der Waals surface area contributed by atoms with E-state index in [2.05, 4.69) is 119 Å². The van der Waals surface area contributed by atoms with Gasteiger partial charge in [-0.1, -0.05) is 127 Å². The number of aromatic nitrogens is 4. The van der Waals surface area contributed by atoms with Gasteiger partial charge in [0.25, 0.3) is 0 Å². The van der Waals surface area contributed by atoms with Gasteiger partial charge in [-0.3, -0.25) is 0 Å². The number of para-hydroxylation sites is 4. The third-order valence-corrected chi connectivity index (χ3v) is 10.5. The molecule has 56 heavy (non-hydrogen) atoms. The molecule has 6 heteroatoms. The molecule has 0 aliphatic rings. The lowest BCUT2D eigenvalue weighted by Gasteiger charge is -2.14. The highest BCUT2D eigenvalue weighted by atomic mass is 16.3. The molecule has 0 N–H and O–H groups in total. The molecule has 7 aromatic carbocycles. The fraction of sp³-hybridized carbons (Fsp3) is 0. The van der Waals surface area contributed by atoms with Gasteiger partial charge in [0.2, 0.25) is 0 Å². The second kappa shape index (κ2) is 13.0. The van der Waals surface area contributed by atoms with E-state index < -0.39 is 0 Å². The molecule has 0 spiro atoms. The zero-order valence-corrected chi connectivity index (χ0v) is 29.9. The average molecular weight is 719 g/mol. The zero-order chi connectivity index (χ0) is 37.0. The summed E-state index contributed by atoms with van der Waals surface area (Å²) in [6.45, 7) is 0. The van der Waals surface area contributed by atoms with E-state index in [1.807, 2.05) is 67.0 Å². The van der Waals surface area contributed by atoms with E-state index in [-0.39, 0.29) is 0 Å². The molecule has 0 radical (unpaired) electrons. The predicted molar refractivity (Wildman–Crippen MR) is 225 cm³/mol. The number of hydrogen-bond acceptors (Lipinski definition) is 6. The molecule has 0 amide bonds. The Balaban J connectivity index is 1.15.